The van der Waals surface area contributed by atoms with Gasteiger partial charge in [0, 0.05) is 24.4 Å². The molecule has 0 radical (unpaired) electrons. The van der Waals surface area contributed by atoms with Gasteiger partial charge in [0.25, 0.3) is 0 Å². The highest BCUT2D eigenvalue weighted by molar-refractivity contribution is 7.22. The predicted molar refractivity (Wildman–Crippen MR) is 115 cm³/mol. The van der Waals surface area contributed by atoms with Gasteiger partial charge in [-0.3, -0.25) is 15.0 Å². The van der Waals surface area contributed by atoms with E-state index in [2.05, 4.69) is 31.6 Å². The van der Waals surface area contributed by atoms with Crippen LogP contribution in [0.4, 0.5) is 15.1 Å². The number of nitrogens with zero attached hydrogens (tertiary/aromatic N) is 3. The van der Waals surface area contributed by atoms with Crippen LogP contribution in [0.2, 0.25) is 0 Å². The fraction of sp³-hybridized carbons (Fsp3) is 0.368. The Bertz CT molecular complexity index is 1060. The third-order valence-electron chi connectivity index (χ3n) is 4.45. The van der Waals surface area contributed by atoms with Gasteiger partial charge in [-0.25, -0.2) is 14.8 Å². The first kappa shape index (κ1) is 19.7. The molecule has 152 valence electrons. The Kier molecular flexibility index (Phi) is 5.74. The molecule has 0 saturated heterocycles. The van der Waals surface area contributed by atoms with Crippen molar-refractivity contribution in [2.75, 3.05) is 30.3 Å². The lowest BCUT2D eigenvalue weighted by Gasteiger charge is -2.24. The summed E-state index contributed by atoms with van der Waals surface area (Å²) >= 11 is 2.90. The lowest BCUT2D eigenvalue weighted by Crippen LogP contribution is -2.36. The monoisotopic (exact) mass is 431 g/mol. The number of anilines is 2. The van der Waals surface area contributed by atoms with Crippen LogP contribution in [0.5, 0.6) is 0 Å². The maximum absolute atomic E-state index is 12.5. The first-order chi connectivity index (χ1) is 14.0. The molecular weight excluding hydrogens is 410 g/mol. The van der Waals surface area contributed by atoms with E-state index in [1.165, 1.54) is 28.2 Å². The minimum absolute atomic E-state index is 0.0846. The summed E-state index contributed by atoms with van der Waals surface area (Å²) in [6.45, 7) is 5.76. The van der Waals surface area contributed by atoms with E-state index in [1.54, 1.807) is 6.92 Å². The van der Waals surface area contributed by atoms with Gasteiger partial charge in [-0.05, 0) is 31.5 Å². The zero-order valence-electron chi connectivity index (χ0n) is 16.2. The van der Waals surface area contributed by atoms with Gasteiger partial charge in [0.2, 0.25) is 5.91 Å². The van der Waals surface area contributed by atoms with E-state index in [-0.39, 0.29) is 12.5 Å². The lowest BCUT2D eigenvalue weighted by molar-refractivity contribution is -0.117. The molecule has 1 aromatic carbocycles. The van der Waals surface area contributed by atoms with Crippen molar-refractivity contribution in [3.63, 3.8) is 0 Å². The van der Waals surface area contributed by atoms with Gasteiger partial charge >= 0.3 is 6.09 Å². The number of aromatic nitrogens is 2. The molecule has 0 fully saturated rings. The number of aryl methyl sites for hydroxylation is 1. The van der Waals surface area contributed by atoms with Crippen molar-refractivity contribution in [3.8, 4) is 0 Å². The second-order valence-electron chi connectivity index (χ2n) is 6.73. The van der Waals surface area contributed by atoms with Crippen molar-refractivity contribution in [1.29, 1.82) is 0 Å². The van der Waals surface area contributed by atoms with E-state index in [9.17, 15) is 9.59 Å². The summed E-state index contributed by atoms with van der Waals surface area (Å²) in [6, 6.07) is 6.05. The molecular formula is C19H21N5O3S2. The largest absolute Gasteiger partial charge is 0.450 e. The molecule has 4 rings (SSSR count). The molecule has 0 atom stereocenters. The third kappa shape index (κ3) is 4.72. The number of nitrogens with one attached hydrogen (secondary N) is 2. The van der Waals surface area contributed by atoms with Crippen LogP contribution in [0.25, 0.3) is 10.2 Å². The van der Waals surface area contributed by atoms with Gasteiger partial charge < -0.3 is 10.1 Å². The standard InChI is InChI=1S/C19H21N5O3S2/c1-3-27-19(26)23-18-21-13-6-7-24(9-15(13)29-18)10-16(25)22-17-20-12-5-4-11(2)8-14(12)28-17/h4-5,8H,3,6-7,9-10H2,1-2H3,(H,20,22,25)(H,21,23,26). The maximum atomic E-state index is 12.5. The van der Waals surface area contributed by atoms with Crippen LogP contribution in [0.3, 0.4) is 0 Å². The molecule has 29 heavy (non-hydrogen) atoms. The van der Waals surface area contributed by atoms with Gasteiger partial charge in [-0.1, -0.05) is 28.7 Å². The topological polar surface area (TPSA) is 96.5 Å². The Morgan fingerprint density at radius 3 is 2.86 bits per heavy atom. The number of benzene rings is 1. The molecule has 8 nitrogen and oxygen atoms in total. The first-order valence-corrected chi connectivity index (χ1v) is 10.9. The molecule has 3 aromatic rings. The summed E-state index contributed by atoms with van der Waals surface area (Å²) < 4.78 is 5.95. The molecule has 0 spiro atoms. The van der Waals surface area contributed by atoms with Crippen LogP contribution in [0, 0.1) is 6.92 Å². The second-order valence-corrected chi connectivity index (χ2v) is 8.85. The number of hydrogen-bond donors (Lipinski definition) is 2. The highest BCUT2D eigenvalue weighted by Crippen LogP contribution is 2.29. The normalized spacial score (nSPS) is 13.9. The summed E-state index contributed by atoms with van der Waals surface area (Å²) in [4.78, 5) is 36.1. The molecule has 0 saturated carbocycles. The average Bonchev–Trinajstić information content (AvgIpc) is 3.23. The highest BCUT2D eigenvalue weighted by atomic mass is 32.1. The average molecular weight is 432 g/mol. The molecule has 2 aromatic heterocycles. The third-order valence-corrected chi connectivity index (χ3v) is 6.38. The Labute approximate surface area is 175 Å². The van der Waals surface area contributed by atoms with E-state index in [1.807, 2.05) is 19.1 Å². The van der Waals surface area contributed by atoms with Crippen molar-refractivity contribution in [2.45, 2.75) is 26.8 Å². The summed E-state index contributed by atoms with van der Waals surface area (Å²) in [7, 11) is 0. The maximum Gasteiger partial charge on any atom is 0.413 e. The molecule has 1 aliphatic rings. The zero-order valence-corrected chi connectivity index (χ0v) is 17.8. The van der Waals surface area contributed by atoms with E-state index in [0.29, 0.717) is 23.4 Å². The Morgan fingerprint density at radius 2 is 2.03 bits per heavy atom. The van der Waals surface area contributed by atoms with Gasteiger partial charge in [0.05, 0.1) is 29.1 Å². The van der Waals surface area contributed by atoms with Crippen molar-refractivity contribution in [3.05, 3.63) is 34.3 Å². The predicted octanol–water partition coefficient (Wildman–Crippen LogP) is 3.63. The molecule has 1 aliphatic heterocycles. The quantitative estimate of drug-likeness (QED) is 0.640. The smallest absolute Gasteiger partial charge is 0.413 e. The highest BCUT2D eigenvalue weighted by Gasteiger charge is 2.23. The Hall–Kier alpha value is -2.56. The Morgan fingerprint density at radius 1 is 1.21 bits per heavy atom. The molecule has 10 heteroatoms. The van der Waals surface area contributed by atoms with E-state index < -0.39 is 6.09 Å². The van der Waals surface area contributed by atoms with Crippen LogP contribution in [0.15, 0.2) is 18.2 Å². The minimum Gasteiger partial charge on any atom is -0.450 e. The summed E-state index contributed by atoms with van der Waals surface area (Å²) in [5.41, 5.74) is 3.04. The van der Waals surface area contributed by atoms with Crippen LogP contribution >= 0.6 is 22.7 Å². The Balaban J connectivity index is 1.35. The van der Waals surface area contributed by atoms with Gasteiger partial charge in [-0.2, -0.15) is 0 Å². The minimum atomic E-state index is -0.499. The fourth-order valence-corrected chi connectivity index (χ4v) is 5.15. The van der Waals surface area contributed by atoms with Crippen LogP contribution in [-0.2, 0) is 22.5 Å². The summed E-state index contributed by atoms with van der Waals surface area (Å²) in [6.07, 6.45) is 0.241. The number of fused-ring (bicyclic) bond motifs is 2. The SMILES string of the molecule is CCOC(=O)Nc1nc2c(s1)CN(CC(=O)Nc1nc3ccc(C)cc3s1)CC2. The number of thiazole rings is 2. The molecule has 0 bridgehead atoms. The molecule has 0 unspecified atom stereocenters. The lowest BCUT2D eigenvalue weighted by atomic mass is 10.2. The number of rotatable bonds is 5. The van der Waals surface area contributed by atoms with E-state index in [0.717, 1.165) is 33.8 Å². The second kappa shape index (κ2) is 8.44. The van der Waals surface area contributed by atoms with Gasteiger partial charge in [0.1, 0.15) is 0 Å². The number of amides is 2. The van der Waals surface area contributed by atoms with Gasteiger partial charge in [-0.15, -0.1) is 0 Å². The number of ether oxygens (including phenoxy) is 1. The van der Waals surface area contributed by atoms with Crippen LogP contribution < -0.4 is 10.6 Å². The van der Waals surface area contributed by atoms with Crippen LogP contribution in [-0.4, -0.2) is 46.6 Å². The van der Waals surface area contributed by atoms with Crippen molar-refractivity contribution in [2.24, 2.45) is 0 Å². The van der Waals surface area contributed by atoms with Crippen molar-refractivity contribution >= 4 is 55.2 Å². The number of hydrogen-bond acceptors (Lipinski definition) is 8. The fourth-order valence-electron chi connectivity index (χ4n) is 3.14. The van der Waals surface area contributed by atoms with E-state index in [4.69, 9.17) is 4.74 Å². The zero-order chi connectivity index (χ0) is 20.4. The van der Waals surface area contributed by atoms with Gasteiger partial charge in [0.15, 0.2) is 10.3 Å². The molecule has 0 aliphatic carbocycles. The van der Waals surface area contributed by atoms with Crippen LogP contribution in [0.1, 0.15) is 23.1 Å². The van der Waals surface area contributed by atoms with E-state index >= 15 is 0 Å². The summed E-state index contributed by atoms with van der Waals surface area (Å²) in [5.74, 6) is -0.0846. The molecule has 2 amide bonds. The van der Waals surface area contributed by atoms with Crippen molar-refractivity contribution in [1.82, 2.24) is 14.9 Å². The van der Waals surface area contributed by atoms with Crippen molar-refractivity contribution < 1.29 is 14.3 Å². The molecule has 2 N–H and O–H groups in total. The summed E-state index contributed by atoms with van der Waals surface area (Å²) in [5, 5.41) is 6.70. The molecule has 3 heterocycles. The number of carbonyl (C=O) groups is 2. The first-order valence-electron chi connectivity index (χ1n) is 9.32. The number of carbonyl (C=O) groups excluding carboxylic acids is 2.